The van der Waals surface area contributed by atoms with Gasteiger partial charge in [-0.15, -0.1) is 0 Å². The van der Waals surface area contributed by atoms with Crippen LogP contribution in [0.3, 0.4) is 0 Å². The summed E-state index contributed by atoms with van der Waals surface area (Å²) in [5.74, 6) is -0.739. The lowest BCUT2D eigenvalue weighted by atomic mass is 9.53. The molecule has 0 aromatic heterocycles. The van der Waals surface area contributed by atoms with E-state index in [0.717, 1.165) is 38.5 Å². The Bertz CT molecular complexity index is 1140. The van der Waals surface area contributed by atoms with Crippen LogP contribution in [0.2, 0.25) is 0 Å². The van der Waals surface area contributed by atoms with Crippen molar-refractivity contribution in [2.45, 2.75) is 93.5 Å². The highest BCUT2D eigenvalue weighted by molar-refractivity contribution is 5.48. The Balaban J connectivity index is 1.37. The molecule has 10 nitrogen and oxygen atoms in total. The minimum Gasteiger partial charge on any atom is -0.461 e. The summed E-state index contributed by atoms with van der Waals surface area (Å²) in [5.41, 5.74) is 3.14. The van der Waals surface area contributed by atoms with Crippen LogP contribution in [0.1, 0.15) is 62.5 Å². The maximum Gasteiger partial charge on any atom is 0.261 e. The summed E-state index contributed by atoms with van der Waals surface area (Å²) in [5, 5.41) is 50.1. The number of hydrogen-bond acceptors (Lipinski definition) is 10. The number of fused-ring (bicyclic) bond motifs is 1. The molecule has 10 heteroatoms. The highest BCUT2D eigenvalue weighted by Gasteiger charge is 2.75. The topological polar surface area (TPSA) is 151 Å². The fourth-order valence-electron chi connectivity index (χ4n) is 7.54. The summed E-state index contributed by atoms with van der Waals surface area (Å²) in [6.45, 7) is -0.586. The maximum absolute atomic E-state index is 10.5. The molecule has 7 unspecified atom stereocenters. The Morgan fingerprint density at radius 1 is 1.05 bits per heavy atom. The van der Waals surface area contributed by atoms with E-state index in [4.69, 9.17) is 24.0 Å². The summed E-state index contributed by atoms with van der Waals surface area (Å²) in [4.78, 5) is 12.0. The number of ether oxygens (including phenoxy) is 3. The smallest absolute Gasteiger partial charge is 0.261 e. The van der Waals surface area contributed by atoms with Crippen LogP contribution >= 0.6 is 0 Å². The van der Waals surface area contributed by atoms with Crippen LogP contribution in [0.15, 0.2) is 29.3 Å². The molecule has 3 aliphatic carbocycles. The van der Waals surface area contributed by atoms with E-state index in [-0.39, 0.29) is 23.1 Å². The molecular weight excluding hydrogens is 494 g/mol. The Morgan fingerprint density at radius 2 is 1.87 bits per heavy atom. The van der Waals surface area contributed by atoms with E-state index >= 15 is 0 Å². The summed E-state index contributed by atoms with van der Waals surface area (Å²) in [6, 6.07) is 7.08. The molecule has 0 radical (unpaired) electrons. The first-order valence-corrected chi connectivity index (χ1v) is 13.5. The zero-order valence-electron chi connectivity index (χ0n) is 21.4. The normalized spacial score (nSPS) is 42.3. The monoisotopic (exact) mass is 529 g/mol. The second-order valence-electron chi connectivity index (χ2n) is 11.1. The molecule has 4 N–H and O–H groups in total. The van der Waals surface area contributed by atoms with Gasteiger partial charge in [0.1, 0.15) is 36.2 Å². The van der Waals surface area contributed by atoms with Gasteiger partial charge in [0.25, 0.3) is 5.79 Å². The highest BCUT2D eigenvalue weighted by atomic mass is 17.3. The van der Waals surface area contributed by atoms with Gasteiger partial charge in [0.2, 0.25) is 6.29 Å². The van der Waals surface area contributed by atoms with Crippen molar-refractivity contribution in [3.8, 4) is 11.8 Å². The van der Waals surface area contributed by atoms with Gasteiger partial charge in [0, 0.05) is 24.5 Å². The number of aliphatic hydroxyl groups excluding tert-OH is 4. The van der Waals surface area contributed by atoms with E-state index in [0.29, 0.717) is 5.56 Å². The van der Waals surface area contributed by atoms with Crippen LogP contribution in [0.4, 0.5) is 0 Å². The second kappa shape index (κ2) is 9.84. The fourth-order valence-corrected chi connectivity index (χ4v) is 7.54. The second-order valence-corrected chi connectivity index (χ2v) is 11.1. The molecule has 1 saturated carbocycles. The molecule has 0 amide bonds. The lowest BCUT2D eigenvalue weighted by Crippen LogP contribution is -2.74. The zero-order chi connectivity index (χ0) is 26.7. The van der Waals surface area contributed by atoms with E-state index in [2.05, 4.69) is 6.07 Å². The van der Waals surface area contributed by atoms with E-state index in [9.17, 15) is 25.7 Å². The van der Waals surface area contributed by atoms with Crippen LogP contribution in [-0.2, 0) is 25.0 Å². The summed E-state index contributed by atoms with van der Waals surface area (Å²) in [6.07, 6.45) is 1.41. The first-order valence-electron chi connectivity index (χ1n) is 13.5. The Hall–Kier alpha value is -2.07. The molecule has 1 spiro atoms. The van der Waals surface area contributed by atoms with Gasteiger partial charge in [-0.05, 0) is 57.1 Å². The van der Waals surface area contributed by atoms with Crippen molar-refractivity contribution < 1.29 is 44.4 Å². The Morgan fingerprint density at radius 3 is 2.58 bits per heavy atom. The van der Waals surface area contributed by atoms with Crippen LogP contribution in [0.5, 0.6) is 5.75 Å². The summed E-state index contributed by atoms with van der Waals surface area (Å²) >= 11 is 0. The molecular formula is C28H35NO9. The molecule has 38 heavy (non-hydrogen) atoms. The number of hydrogen-bond donors (Lipinski definition) is 4. The molecule has 1 aromatic carbocycles. The lowest BCUT2D eigenvalue weighted by Gasteiger charge is -2.65. The molecule has 2 bridgehead atoms. The quantitative estimate of drug-likeness (QED) is 0.329. The van der Waals surface area contributed by atoms with Crippen molar-refractivity contribution in [2.24, 2.45) is 11.8 Å². The number of benzene rings is 1. The zero-order valence-corrected chi connectivity index (χ0v) is 21.4. The third kappa shape index (κ3) is 3.61. The third-order valence-corrected chi connectivity index (χ3v) is 9.38. The average molecular weight is 530 g/mol. The Kier molecular flexibility index (Phi) is 6.78. The van der Waals surface area contributed by atoms with Gasteiger partial charge in [-0.2, -0.15) is 10.1 Å². The average Bonchev–Trinajstić information content (AvgIpc) is 2.93. The fraction of sp³-hybridized carbons (Fsp3) is 0.679. The van der Waals surface area contributed by atoms with Crippen molar-refractivity contribution in [1.29, 1.82) is 5.26 Å². The first-order chi connectivity index (χ1) is 18.4. The van der Waals surface area contributed by atoms with Crippen molar-refractivity contribution >= 4 is 0 Å². The minimum atomic E-state index is -1.61. The van der Waals surface area contributed by atoms with Crippen molar-refractivity contribution in [3.63, 3.8) is 0 Å². The number of rotatable bonds is 5. The van der Waals surface area contributed by atoms with Gasteiger partial charge in [0.15, 0.2) is 5.60 Å². The summed E-state index contributed by atoms with van der Waals surface area (Å²) in [7, 11) is 1.60. The number of methoxy groups -OCH3 is 1. The lowest BCUT2D eigenvalue weighted by molar-refractivity contribution is -0.639. The molecule has 9 atom stereocenters. The largest absolute Gasteiger partial charge is 0.461 e. The van der Waals surface area contributed by atoms with Gasteiger partial charge >= 0.3 is 0 Å². The van der Waals surface area contributed by atoms with Gasteiger partial charge in [-0.3, -0.25) is 0 Å². The predicted octanol–water partition coefficient (Wildman–Crippen LogP) is 1.93. The van der Waals surface area contributed by atoms with Crippen molar-refractivity contribution in [1.82, 2.24) is 0 Å². The number of aliphatic hydroxyl groups is 4. The molecule has 206 valence electrons. The van der Waals surface area contributed by atoms with Crippen LogP contribution in [-0.4, -0.2) is 70.4 Å². The third-order valence-electron chi connectivity index (χ3n) is 9.38. The van der Waals surface area contributed by atoms with Gasteiger partial charge in [0.05, 0.1) is 12.2 Å². The molecule has 5 aliphatic rings. The van der Waals surface area contributed by atoms with Crippen molar-refractivity contribution in [2.75, 3.05) is 13.7 Å². The minimum absolute atomic E-state index is 0.0925. The van der Waals surface area contributed by atoms with Crippen molar-refractivity contribution in [3.05, 3.63) is 40.5 Å². The predicted molar refractivity (Wildman–Crippen MR) is 130 cm³/mol. The SMILES string of the molecule is COC1(c2ccc(C#N)c(O[C@@H]3OC(CO)[C@@H](O)C(O)C3O)c2)OOC12C1CCCC2C2=C(CCCC2)C1. The van der Waals surface area contributed by atoms with Gasteiger partial charge in [-0.25, -0.2) is 4.89 Å². The first kappa shape index (κ1) is 26.2. The molecule has 6 rings (SSSR count). The highest BCUT2D eigenvalue weighted by Crippen LogP contribution is 2.66. The van der Waals surface area contributed by atoms with E-state index < -0.39 is 48.7 Å². The number of allylic oxidation sites excluding steroid dienone is 1. The van der Waals surface area contributed by atoms with Crippen LogP contribution in [0, 0.1) is 23.2 Å². The molecule has 2 saturated heterocycles. The Labute approximate surface area is 221 Å². The number of nitrogens with zero attached hydrogens (tertiary/aromatic N) is 1. The maximum atomic E-state index is 10.5. The van der Waals surface area contributed by atoms with Crippen LogP contribution < -0.4 is 4.74 Å². The van der Waals surface area contributed by atoms with Gasteiger partial charge in [-0.1, -0.05) is 23.6 Å². The molecule has 1 aromatic rings. The van der Waals surface area contributed by atoms with E-state index in [1.54, 1.807) is 30.9 Å². The molecule has 3 fully saturated rings. The van der Waals surface area contributed by atoms with Crippen LogP contribution in [0.25, 0.3) is 0 Å². The molecule has 2 aliphatic heterocycles. The number of nitriles is 1. The summed E-state index contributed by atoms with van der Waals surface area (Å²) < 4.78 is 17.6. The van der Waals surface area contributed by atoms with E-state index in [1.165, 1.54) is 18.4 Å². The molecule has 2 heterocycles. The van der Waals surface area contributed by atoms with E-state index in [1.807, 2.05) is 0 Å². The van der Waals surface area contributed by atoms with Gasteiger partial charge < -0.3 is 34.6 Å². The standard InChI is InChI=1S/C28H35NO9/c1-34-28(27(37-38-28)17-6-4-8-20(27)19-7-3-2-5-15(19)11-17)18-10-9-16(13-29)21(12-18)35-26-25(33)24(32)23(31)22(14-30)36-26/h9-10,12,17,20,22-26,30-33H,2-8,11,14H2,1H3/t17?,20?,22?,23-,24?,25?,26-,27?,28?/m1/s1.